The van der Waals surface area contributed by atoms with E-state index < -0.39 is 0 Å². The number of aryl methyl sites for hydroxylation is 2. The topological polar surface area (TPSA) is 55.9 Å². The Bertz CT molecular complexity index is 589. The lowest BCUT2D eigenvalue weighted by Gasteiger charge is -2.10. The van der Waals surface area contributed by atoms with E-state index >= 15 is 0 Å². The summed E-state index contributed by atoms with van der Waals surface area (Å²) in [5.41, 5.74) is 8.75. The Balaban J connectivity index is 1.95. The molecule has 0 radical (unpaired) electrons. The predicted molar refractivity (Wildman–Crippen MR) is 82.5 cm³/mol. The minimum atomic E-state index is 0.442. The maximum atomic E-state index is 5.65. The first-order valence-corrected chi connectivity index (χ1v) is 6.59. The summed E-state index contributed by atoms with van der Waals surface area (Å²) in [4.78, 5) is 4.73. The fourth-order valence-electron chi connectivity index (χ4n) is 2.01. The fourth-order valence-corrected chi connectivity index (χ4v) is 2.24. The summed E-state index contributed by atoms with van der Waals surface area (Å²) in [5, 5.41) is 3.38. The Morgan fingerprint density at radius 2 is 2.26 bits per heavy atom. The van der Waals surface area contributed by atoms with E-state index in [4.69, 9.17) is 18.0 Å². The summed E-state index contributed by atoms with van der Waals surface area (Å²) < 4.78 is 2.03. The number of aromatic nitrogens is 2. The monoisotopic (exact) mass is 274 g/mol. The first-order valence-electron chi connectivity index (χ1n) is 6.18. The molecule has 0 fully saturated rings. The maximum Gasteiger partial charge on any atom is 0.110 e. The van der Waals surface area contributed by atoms with Crippen LogP contribution in [-0.2, 0) is 13.5 Å². The lowest BCUT2D eigenvalue weighted by atomic mass is 10.1. The van der Waals surface area contributed by atoms with E-state index in [1.807, 2.05) is 43.1 Å². The third-order valence-electron chi connectivity index (χ3n) is 3.09. The zero-order chi connectivity index (χ0) is 13.8. The van der Waals surface area contributed by atoms with E-state index in [9.17, 15) is 0 Å². The number of nitrogens with zero attached hydrogens (tertiary/aromatic N) is 2. The minimum absolute atomic E-state index is 0.442. The zero-order valence-electron chi connectivity index (χ0n) is 11.2. The first kappa shape index (κ1) is 13.5. The van der Waals surface area contributed by atoms with Crippen LogP contribution in [0.3, 0.4) is 0 Å². The number of nitrogens with one attached hydrogen (secondary N) is 1. The van der Waals surface area contributed by atoms with E-state index in [2.05, 4.69) is 16.4 Å². The van der Waals surface area contributed by atoms with E-state index in [0.29, 0.717) is 4.99 Å². The van der Waals surface area contributed by atoms with Crippen LogP contribution in [0.25, 0.3) is 0 Å². The smallest absolute Gasteiger partial charge is 0.110 e. The van der Waals surface area contributed by atoms with Gasteiger partial charge in [0.25, 0.3) is 0 Å². The van der Waals surface area contributed by atoms with Crippen LogP contribution in [0.2, 0.25) is 0 Å². The lowest BCUT2D eigenvalue weighted by molar-refractivity contribution is 0.789. The van der Waals surface area contributed by atoms with Crippen LogP contribution in [0.5, 0.6) is 0 Å². The van der Waals surface area contributed by atoms with Gasteiger partial charge in [-0.15, -0.1) is 0 Å². The molecule has 100 valence electrons. The highest BCUT2D eigenvalue weighted by Crippen LogP contribution is 2.15. The number of anilines is 1. The molecule has 0 spiro atoms. The van der Waals surface area contributed by atoms with Gasteiger partial charge in [0.2, 0.25) is 0 Å². The molecule has 0 saturated heterocycles. The second-order valence-electron chi connectivity index (χ2n) is 4.53. The minimum Gasteiger partial charge on any atom is -0.389 e. The van der Waals surface area contributed by atoms with E-state index in [-0.39, 0.29) is 0 Å². The molecule has 5 heteroatoms. The van der Waals surface area contributed by atoms with Gasteiger partial charge in [-0.25, -0.2) is 4.98 Å². The molecule has 2 aromatic rings. The molecule has 2 rings (SSSR count). The van der Waals surface area contributed by atoms with Crippen molar-refractivity contribution in [1.82, 2.24) is 9.55 Å². The van der Waals surface area contributed by atoms with Gasteiger partial charge in [0.15, 0.2) is 0 Å². The summed E-state index contributed by atoms with van der Waals surface area (Å²) in [6, 6.07) is 6.02. The molecule has 1 aromatic heterocycles. The quantitative estimate of drug-likeness (QED) is 0.819. The Kier molecular flexibility index (Phi) is 4.16. The number of imidazole rings is 1. The first-order chi connectivity index (χ1) is 9.08. The zero-order valence-corrected chi connectivity index (χ0v) is 12.0. The molecule has 0 saturated carbocycles. The van der Waals surface area contributed by atoms with Crippen LogP contribution in [-0.4, -0.2) is 21.1 Å². The summed E-state index contributed by atoms with van der Waals surface area (Å²) in [5.74, 6) is 1.07. The molecule has 0 aliphatic rings. The van der Waals surface area contributed by atoms with Gasteiger partial charge in [-0.2, -0.15) is 0 Å². The average molecular weight is 274 g/mol. The van der Waals surface area contributed by atoms with E-state index in [1.165, 1.54) is 0 Å². The van der Waals surface area contributed by atoms with Crippen molar-refractivity contribution in [1.29, 1.82) is 0 Å². The number of nitrogens with two attached hydrogens (primary N) is 1. The molecule has 0 aliphatic heterocycles. The highest BCUT2D eigenvalue weighted by atomic mass is 32.1. The van der Waals surface area contributed by atoms with Crippen LogP contribution < -0.4 is 11.1 Å². The van der Waals surface area contributed by atoms with Gasteiger partial charge in [-0.05, 0) is 30.7 Å². The van der Waals surface area contributed by atoms with Crippen molar-refractivity contribution in [2.45, 2.75) is 13.3 Å². The molecule has 19 heavy (non-hydrogen) atoms. The second kappa shape index (κ2) is 5.84. The lowest BCUT2D eigenvalue weighted by Crippen LogP contribution is -2.12. The third kappa shape index (κ3) is 3.32. The summed E-state index contributed by atoms with van der Waals surface area (Å²) in [6.45, 7) is 2.86. The van der Waals surface area contributed by atoms with Crippen molar-refractivity contribution in [2.75, 3.05) is 11.9 Å². The number of hydrogen-bond donors (Lipinski definition) is 2. The molecule has 0 amide bonds. The molecule has 3 N–H and O–H groups in total. The third-order valence-corrected chi connectivity index (χ3v) is 3.31. The normalized spacial score (nSPS) is 10.4. The van der Waals surface area contributed by atoms with Gasteiger partial charge in [0, 0.05) is 43.7 Å². The van der Waals surface area contributed by atoms with Gasteiger partial charge < -0.3 is 15.6 Å². The van der Waals surface area contributed by atoms with Crippen LogP contribution in [0.15, 0.2) is 30.6 Å². The van der Waals surface area contributed by atoms with Crippen molar-refractivity contribution < 1.29 is 0 Å². The van der Waals surface area contributed by atoms with Crippen LogP contribution in [0, 0.1) is 6.92 Å². The number of rotatable bonds is 5. The van der Waals surface area contributed by atoms with Gasteiger partial charge >= 0.3 is 0 Å². The molecule has 1 aromatic carbocycles. The molecular formula is C14H18N4S. The van der Waals surface area contributed by atoms with E-state index in [0.717, 1.165) is 35.6 Å². The van der Waals surface area contributed by atoms with Gasteiger partial charge in [-0.1, -0.05) is 12.2 Å². The highest BCUT2D eigenvalue weighted by molar-refractivity contribution is 7.80. The van der Waals surface area contributed by atoms with E-state index in [1.54, 1.807) is 0 Å². The molecule has 0 aliphatic carbocycles. The predicted octanol–water partition coefficient (Wildman–Crippen LogP) is 2.02. The van der Waals surface area contributed by atoms with Gasteiger partial charge in [-0.3, -0.25) is 0 Å². The summed E-state index contributed by atoms with van der Waals surface area (Å²) in [7, 11) is 2.00. The Morgan fingerprint density at radius 3 is 2.84 bits per heavy atom. The molecule has 0 atom stereocenters. The standard InChI is InChI=1S/C14H18N4S/c1-10-9-11(3-4-12(10)14(15)19)16-6-5-13-17-7-8-18(13)2/h3-4,7-9,16H,5-6H2,1-2H3,(H2,15,19). The number of hydrogen-bond acceptors (Lipinski definition) is 3. The van der Waals surface area contributed by atoms with Crippen LogP contribution in [0.1, 0.15) is 17.0 Å². The number of thiocarbonyl (C=S) groups is 1. The van der Waals surface area contributed by atoms with Crippen molar-refractivity contribution in [3.8, 4) is 0 Å². The van der Waals surface area contributed by atoms with Crippen molar-refractivity contribution >= 4 is 22.9 Å². The summed E-state index contributed by atoms with van der Waals surface area (Å²) in [6.07, 6.45) is 4.66. The Morgan fingerprint density at radius 1 is 1.47 bits per heavy atom. The molecule has 4 nitrogen and oxygen atoms in total. The largest absolute Gasteiger partial charge is 0.389 e. The SMILES string of the molecule is Cc1cc(NCCc2nccn2C)ccc1C(N)=S. The van der Waals surface area contributed by atoms with Crippen molar-refractivity contribution in [3.05, 3.63) is 47.5 Å². The van der Waals surface area contributed by atoms with Gasteiger partial charge in [0.05, 0.1) is 0 Å². The molecule has 0 unspecified atom stereocenters. The highest BCUT2D eigenvalue weighted by Gasteiger charge is 2.03. The molecule has 0 bridgehead atoms. The van der Waals surface area contributed by atoms with Crippen LogP contribution in [0.4, 0.5) is 5.69 Å². The van der Waals surface area contributed by atoms with Gasteiger partial charge in [0.1, 0.15) is 10.8 Å². The van der Waals surface area contributed by atoms with Crippen LogP contribution >= 0.6 is 12.2 Å². The molecular weight excluding hydrogens is 256 g/mol. The Labute approximate surface area is 118 Å². The second-order valence-corrected chi connectivity index (χ2v) is 4.96. The van der Waals surface area contributed by atoms with Crippen molar-refractivity contribution in [2.24, 2.45) is 12.8 Å². The summed E-state index contributed by atoms with van der Waals surface area (Å²) >= 11 is 4.99. The average Bonchev–Trinajstić information content (AvgIpc) is 2.75. The Hall–Kier alpha value is -1.88. The maximum absolute atomic E-state index is 5.65. The molecule has 1 heterocycles. The fraction of sp³-hybridized carbons (Fsp3) is 0.286. The van der Waals surface area contributed by atoms with Crippen molar-refractivity contribution in [3.63, 3.8) is 0 Å². The number of benzene rings is 1.